The van der Waals surface area contributed by atoms with Crippen molar-refractivity contribution in [2.45, 2.75) is 58.5 Å². The Labute approximate surface area is 143 Å². The van der Waals surface area contributed by atoms with E-state index in [-0.39, 0.29) is 30.4 Å². The molecular weight excluding hydrogens is 311 g/mol. The minimum absolute atomic E-state index is 0.115. The van der Waals surface area contributed by atoms with Gasteiger partial charge in [-0.1, -0.05) is 26.8 Å². The highest BCUT2D eigenvalue weighted by Gasteiger charge is 2.34. The van der Waals surface area contributed by atoms with Gasteiger partial charge in [0.2, 0.25) is 0 Å². The van der Waals surface area contributed by atoms with Gasteiger partial charge in [-0.25, -0.2) is 4.39 Å². The molecule has 0 aliphatic rings. The Morgan fingerprint density at radius 2 is 1.96 bits per heavy atom. The third kappa shape index (κ3) is 5.71. The van der Waals surface area contributed by atoms with Crippen molar-refractivity contribution in [3.8, 4) is 0 Å². The molecule has 1 N–H and O–H groups in total. The second-order valence-electron chi connectivity index (χ2n) is 6.49. The number of hydrogen-bond acceptors (Lipinski definition) is 4. The van der Waals surface area contributed by atoms with E-state index in [0.29, 0.717) is 12.8 Å². The zero-order valence-electron chi connectivity index (χ0n) is 14.9. The maximum atomic E-state index is 13.5. The number of ether oxygens (including phenoxy) is 1. The average Bonchev–Trinajstić information content (AvgIpc) is 2.52. The number of benzene rings is 1. The summed E-state index contributed by atoms with van der Waals surface area (Å²) in [7, 11) is 1.22. The number of rotatable bonds is 9. The first-order valence-electron chi connectivity index (χ1n) is 8.30. The van der Waals surface area contributed by atoms with E-state index in [1.54, 1.807) is 6.07 Å². The van der Waals surface area contributed by atoms with Gasteiger partial charge in [-0.2, -0.15) is 0 Å². The SMILES string of the molecule is CCc1ccc(F)cc1CCC(O)(CC(=O)CC(=O)OC)C(C)C. The molecule has 1 unspecified atom stereocenters. The van der Waals surface area contributed by atoms with Gasteiger partial charge in [0.05, 0.1) is 12.7 Å². The smallest absolute Gasteiger partial charge is 0.313 e. The Morgan fingerprint density at radius 3 is 2.50 bits per heavy atom. The molecule has 0 aliphatic heterocycles. The lowest BCUT2D eigenvalue weighted by molar-refractivity contribution is -0.144. The number of esters is 1. The fourth-order valence-corrected chi connectivity index (χ4v) is 2.74. The van der Waals surface area contributed by atoms with Crippen LogP contribution in [0.1, 0.15) is 51.2 Å². The van der Waals surface area contributed by atoms with Gasteiger partial charge in [0, 0.05) is 6.42 Å². The summed E-state index contributed by atoms with van der Waals surface area (Å²) in [6.45, 7) is 5.65. The Balaban J connectivity index is 2.84. The van der Waals surface area contributed by atoms with E-state index in [1.807, 2.05) is 20.8 Å². The molecule has 0 amide bonds. The van der Waals surface area contributed by atoms with Crippen LogP contribution in [-0.2, 0) is 27.2 Å². The van der Waals surface area contributed by atoms with Crippen molar-refractivity contribution in [3.05, 3.63) is 35.1 Å². The lowest BCUT2D eigenvalue weighted by Crippen LogP contribution is -2.38. The summed E-state index contributed by atoms with van der Waals surface area (Å²) in [5.74, 6) is -1.44. The third-order valence-corrected chi connectivity index (χ3v) is 4.52. The molecule has 5 heteroatoms. The van der Waals surface area contributed by atoms with Crippen LogP contribution in [0.3, 0.4) is 0 Å². The van der Waals surface area contributed by atoms with E-state index in [4.69, 9.17) is 0 Å². The third-order valence-electron chi connectivity index (χ3n) is 4.52. The van der Waals surface area contributed by atoms with Crippen molar-refractivity contribution in [1.29, 1.82) is 0 Å². The number of Topliss-reactive ketones (excluding diaryl/α,β-unsaturated/α-hetero) is 1. The highest BCUT2D eigenvalue weighted by molar-refractivity contribution is 5.95. The van der Waals surface area contributed by atoms with E-state index in [1.165, 1.54) is 19.2 Å². The molecule has 1 aromatic rings. The van der Waals surface area contributed by atoms with Crippen molar-refractivity contribution >= 4 is 11.8 Å². The average molecular weight is 338 g/mol. The summed E-state index contributed by atoms with van der Waals surface area (Å²) < 4.78 is 18.0. The number of carbonyl (C=O) groups excluding carboxylic acids is 2. The van der Waals surface area contributed by atoms with Crippen LogP contribution in [0.5, 0.6) is 0 Å². The summed E-state index contributed by atoms with van der Waals surface area (Å²) >= 11 is 0. The zero-order valence-corrected chi connectivity index (χ0v) is 14.9. The van der Waals surface area contributed by atoms with Crippen LogP contribution in [0.15, 0.2) is 18.2 Å². The van der Waals surface area contributed by atoms with Gasteiger partial charge in [-0.3, -0.25) is 9.59 Å². The van der Waals surface area contributed by atoms with Gasteiger partial charge in [0.15, 0.2) is 0 Å². The monoisotopic (exact) mass is 338 g/mol. The molecule has 0 radical (unpaired) electrons. The van der Waals surface area contributed by atoms with Crippen LogP contribution < -0.4 is 0 Å². The van der Waals surface area contributed by atoms with Gasteiger partial charge in [-0.15, -0.1) is 0 Å². The Hall–Kier alpha value is -1.75. The predicted octanol–water partition coefficient (Wildman–Crippen LogP) is 3.23. The van der Waals surface area contributed by atoms with Crippen LogP contribution >= 0.6 is 0 Å². The van der Waals surface area contributed by atoms with Crippen LogP contribution in [0, 0.1) is 11.7 Å². The second kappa shape index (κ2) is 8.92. The largest absolute Gasteiger partial charge is 0.469 e. The van der Waals surface area contributed by atoms with Crippen molar-refractivity contribution in [2.24, 2.45) is 5.92 Å². The molecule has 0 bridgehead atoms. The fourth-order valence-electron chi connectivity index (χ4n) is 2.74. The van der Waals surface area contributed by atoms with Crippen molar-refractivity contribution in [1.82, 2.24) is 0 Å². The quantitative estimate of drug-likeness (QED) is 0.555. The van der Waals surface area contributed by atoms with Crippen LogP contribution in [0.25, 0.3) is 0 Å². The number of ketones is 1. The minimum Gasteiger partial charge on any atom is -0.469 e. The van der Waals surface area contributed by atoms with Crippen molar-refractivity contribution < 1.29 is 23.8 Å². The second-order valence-corrected chi connectivity index (χ2v) is 6.49. The fraction of sp³-hybridized carbons (Fsp3) is 0.579. The molecule has 1 rings (SSSR count). The number of aryl methyl sites for hydroxylation is 2. The molecule has 0 heterocycles. The van der Waals surface area contributed by atoms with Gasteiger partial charge in [-0.05, 0) is 48.4 Å². The molecule has 0 aromatic heterocycles. The molecule has 1 aromatic carbocycles. The predicted molar refractivity (Wildman–Crippen MR) is 90.1 cm³/mol. The molecule has 24 heavy (non-hydrogen) atoms. The van der Waals surface area contributed by atoms with Crippen LogP contribution in [-0.4, -0.2) is 29.6 Å². The minimum atomic E-state index is -1.23. The molecule has 0 fully saturated rings. The lowest BCUT2D eigenvalue weighted by Gasteiger charge is -2.32. The molecular formula is C19H27FO4. The number of methoxy groups -OCH3 is 1. The first-order valence-corrected chi connectivity index (χ1v) is 8.30. The van der Waals surface area contributed by atoms with E-state index >= 15 is 0 Å². The van der Waals surface area contributed by atoms with E-state index < -0.39 is 11.6 Å². The highest BCUT2D eigenvalue weighted by Crippen LogP contribution is 2.29. The Morgan fingerprint density at radius 1 is 1.29 bits per heavy atom. The molecule has 134 valence electrons. The lowest BCUT2D eigenvalue weighted by atomic mass is 9.80. The van der Waals surface area contributed by atoms with Gasteiger partial charge in [0.25, 0.3) is 0 Å². The molecule has 1 atom stereocenters. The van der Waals surface area contributed by atoms with E-state index in [2.05, 4.69) is 4.74 Å². The summed E-state index contributed by atoms with van der Waals surface area (Å²) in [5, 5.41) is 10.9. The molecule has 0 spiro atoms. The van der Waals surface area contributed by atoms with Gasteiger partial charge >= 0.3 is 5.97 Å². The summed E-state index contributed by atoms with van der Waals surface area (Å²) in [6, 6.07) is 4.66. The maximum Gasteiger partial charge on any atom is 0.313 e. The molecule has 4 nitrogen and oxygen atoms in total. The summed E-state index contributed by atoms with van der Waals surface area (Å²) in [5.41, 5.74) is 0.642. The number of aliphatic hydroxyl groups is 1. The van der Waals surface area contributed by atoms with Crippen LogP contribution in [0.4, 0.5) is 4.39 Å². The van der Waals surface area contributed by atoms with Crippen molar-refractivity contribution in [2.75, 3.05) is 7.11 Å². The van der Waals surface area contributed by atoms with Gasteiger partial charge < -0.3 is 9.84 Å². The van der Waals surface area contributed by atoms with Crippen LogP contribution in [0.2, 0.25) is 0 Å². The standard InChI is InChI=1S/C19H27FO4/c1-5-14-6-7-16(20)10-15(14)8-9-19(23,13(2)3)12-17(21)11-18(22)24-4/h6-7,10,13,23H,5,8-9,11-12H2,1-4H3. The van der Waals surface area contributed by atoms with E-state index in [9.17, 15) is 19.1 Å². The zero-order chi connectivity index (χ0) is 18.3. The molecule has 0 saturated heterocycles. The number of hydrogen-bond donors (Lipinski definition) is 1. The Bertz CT molecular complexity index is 583. The Kier molecular flexibility index (Phi) is 7.55. The van der Waals surface area contributed by atoms with Crippen molar-refractivity contribution in [3.63, 3.8) is 0 Å². The summed E-state index contributed by atoms with van der Waals surface area (Å²) in [4.78, 5) is 23.2. The maximum absolute atomic E-state index is 13.5. The first kappa shape index (κ1) is 20.3. The number of carbonyl (C=O) groups is 2. The van der Waals surface area contributed by atoms with E-state index in [0.717, 1.165) is 17.5 Å². The van der Waals surface area contributed by atoms with Gasteiger partial charge in [0.1, 0.15) is 18.0 Å². The summed E-state index contributed by atoms with van der Waals surface area (Å²) in [6.07, 6.45) is 1.12. The molecule has 0 aliphatic carbocycles. The normalized spacial score (nSPS) is 13.6. The first-order chi connectivity index (χ1) is 11.2. The topological polar surface area (TPSA) is 63.6 Å². The molecule has 0 saturated carbocycles. The number of halogens is 1. The highest BCUT2D eigenvalue weighted by atomic mass is 19.1.